The third kappa shape index (κ3) is 7.79. The van der Waals surface area contributed by atoms with Gasteiger partial charge in [0.1, 0.15) is 17.6 Å². The highest BCUT2D eigenvalue weighted by atomic mass is 32.2. The van der Waals surface area contributed by atoms with Crippen LogP contribution in [0.5, 0.6) is 0 Å². The molecule has 4 heterocycles. The molecule has 0 saturated carbocycles. The first kappa shape index (κ1) is 27.7. The number of piperidine rings is 1. The van der Waals surface area contributed by atoms with E-state index >= 15 is 0 Å². The smallest absolute Gasteiger partial charge is 0.368 e. The molecule has 36 heavy (non-hydrogen) atoms. The van der Waals surface area contributed by atoms with Gasteiger partial charge in [-0.15, -0.1) is 0 Å². The second kappa shape index (κ2) is 12.3. The molecule has 1 saturated heterocycles. The van der Waals surface area contributed by atoms with Gasteiger partial charge in [0.15, 0.2) is 0 Å². The number of hydrogen-bond donors (Lipinski definition) is 3. The summed E-state index contributed by atoms with van der Waals surface area (Å²) in [5.74, 6) is 0.362. The van der Waals surface area contributed by atoms with Crippen LogP contribution in [0, 0.1) is 0 Å². The van der Waals surface area contributed by atoms with Crippen molar-refractivity contribution in [1.82, 2.24) is 24.8 Å². The van der Waals surface area contributed by atoms with Gasteiger partial charge < -0.3 is 15.8 Å². The Hall–Kier alpha value is -2.93. The number of nitrogens with zero attached hydrogens (tertiary/aromatic N) is 4. The van der Waals surface area contributed by atoms with Gasteiger partial charge in [-0.3, -0.25) is 9.36 Å². The number of aromatic nitrogens is 4. The van der Waals surface area contributed by atoms with Crippen LogP contribution in [0.15, 0.2) is 35.4 Å². The molecule has 3 aromatic heterocycles. The van der Waals surface area contributed by atoms with Gasteiger partial charge in [-0.05, 0) is 51.4 Å². The van der Waals surface area contributed by atoms with Gasteiger partial charge >= 0.3 is 6.18 Å². The number of alkyl halides is 4. The molecule has 0 bridgehead atoms. The quantitative estimate of drug-likeness (QED) is 0.240. The second-order valence-corrected chi connectivity index (χ2v) is 9.43. The normalized spacial score (nSPS) is 16.0. The van der Waals surface area contributed by atoms with E-state index in [9.17, 15) is 22.4 Å². The highest BCUT2D eigenvalue weighted by molar-refractivity contribution is 8.00. The number of pyridine rings is 2. The van der Waals surface area contributed by atoms with Crippen LogP contribution in [-0.4, -0.2) is 50.7 Å². The molecular weight excluding hydrogens is 498 g/mol. The maximum Gasteiger partial charge on any atom is 0.389 e. The Bertz CT molecular complexity index is 1200. The molecule has 1 fully saturated rings. The van der Waals surface area contributed by atoms with E-state index in [0.717, 1.165) is 31.3 Å². The maximum atomic E-state index is 13.0. The fraction of sp³-hybridized carbons (Fsp3) is 0.478. The summed E-state index contributed by atoms with van der Waals surface area (Å²) in [6.45, 7) is 5.30. The molecule has 3 aromatic rings. The van der Waals surface area contributed by atoms with Crippen LogP contribution in [0.1, 0.15) is 39.2 Å². The van der Waals surface area contributed by atoms with Crippen LogP contribution in [-0.2, 0) is 0 Å². The molecule has 0 aromatic carbocycles. The van der Waals surface area contributed by atoms with Crippen molar-refractivity contribution in [1.29, 1.82) is 0 Å². The average molecular weight is 528 g/mol. The van der Waals surface area contributed by atoms with Crippen molar-refractivity contribution < 1.29 is 17.6 Å². The molecule has 0 radical (unpaired) electrons. The number of rotatable bonds is 6. The van der Waals surface area contributed by atoms with E-state index in [2.05, 4.69) is 25.0 Å². The van der Waals surface area contributed by atoms with E-state index in [0.29, 0.717) is 34.5 Å². The van der Waals surface area contributed by atoms with Crippen molar-refractivity contribution in [3.8, 4) is 11.1 Å². The fourth-order valence-corrected chi connectivity index (χ4v) is 4.24. The minimum absolute atomic E-state index is 0.0826. The number of fused-ring (bicyclic) bond motifs is 1. The zero-order chi connectivity index (χ0) is 26.3. The zero-order valence-corrected chi connectivity index (χ0v) is 20.8. The fourth-order valence-electron chi connectivity index (χ4n) is 3.53. The number of halogens is 4. The average Bonchev–Trinajstić information content (AvgIpc) is 2.82. The predicted molar refractivity (Wildman–Crippen MR) is 136 cm³/mol. The van der Waals surface area contributed by atoms with Gasteiger partial charge in [0, 0.05) is 47.2 Å². The third-order valence-electron chi connectivity index (χ3n) is 5.28. The summed E-state index contributed by atoms with van der Waals surface area (Å²) in [7, 11) is 0. The van der Waals surface area contributed by atoms with Gasteiger partial charge in [0.05, 0.1) is 6.42 Å². The molecule has 0 aliphatic carbocycles. The Balaban J connectivity index is 0.000000444. The summed E-state index contributed by atoms with van der Waals surface area (Å²) >= 11 is 0.921. The highest BCUT2D eigenvalue weighted by Gasteiger charge is 2.26. The van der Waals surface area contributed by atoms with Gasteiger partial charge in [0.25, 0.3) is 5.56 Å². The molecular formula is C23H29F4N7OS. The van der Waals surface area contributed by atoms with Gasteiger partial charge in [-0.25, -0.2) is 14.4 Å². The highest BCUT2D eigenvalue weighted by Crippen LogP contribution is 2.25. The standard InChI is InChI=1S/C18H19F3N6OS.C5H10FN/c1-10(2)27-15-12(9-24-17(22)25-15)7-13(16(27)28)11-3-4-14(23-8-11)26-29-6-5-18(19,20)21;6-5-2-1-3-7-4-5/h3-4,7-10H,5-6H2,1-2H3,(H,23,26)(H2,22,24,25);5,7H,1-4H2. The number of nitrogens with one attached hydrogen (secondary N) is 2. The summed E-state index contributed by atoms with van der Waals surface area (Å²) in [5.41, 5.74) is 6.87. The number of nitrogens with two attached hydrogens (primary N) is 1. The Morgan fingerprint density at radius 1 is 1.28 bits per heavy atom. The number of hydrogen-bond acceptors (Lipinski definition) is 8. The first-order chi connectivity index (χ1) is 17.0. The molecule has 1 atom stereocenters. The molecule has 1 unspecified atom stereocenters. The Morgan fingerprint density at radius 3 is 2.61 bits per heavy atom. The molecule has 0 spiro atoms. The minimum atomic E-state index is -4.19. The van der Waals surface area contributed by atoms with Crippen molar-refractivity contribution in [3.05, 3.63) is 40.9 Å². The van der Waals surface area contributed by atoms with E-state index in [1.165, 1.54) is 6.20 Å². The molecule has 0 amide bonds. The molecule has 13 heteroatoms. The summed E-state index contributed by atoms with van der Waals surface area (Å²) < 4.78 is 53.0. The van der Waals surface area contributed by atoms with Crippen LogP contribution < -0.4 is 21.3 Å². The Morgan fingerprint density at radius 2 is 2.06 bits per heavy atom. The zero-order valence-electron chi connectivity index (χ0n) is 20.0. The predicted octanol–water partition coefficient (Wildman–Crippen LogP) is 4.74. The lowest BCUT2D eigenvalue weighted by Gasteiger charge is -2.15. The Kier molecular flexibility index (Phi) is 9.49. The summed E-state index contributed by atoms with van der Waals surface area (Å²) in [6.07, 6.45) is -0.839. The lowest BCUT2D eigenvalue weighted by Crippen LogP contribution is -2.30. The van der Waals surface area contributed by atoms with Crippen LogP contribution in [0.4, 0.5) is 29.3 Å². The summed E-state index contributed by atoms with van der Waals surface area (Å²) in [5, 5.41) is 3.62. The van der Waals surface area contributed by atoms with E-state index < -0.39 is 18.8 Å². The third-order valence-corrected chi connectivity index (χ3v) is 6.05. The Labute approximate surface area is 210 Å². The molecule has 196 valence electrons. The lowest BCUT2D eigenvalue weighted by atomic mass is 10.1. The van der Waals surface area contributed by atoms with Crippen LogP contribution in [0.3, 0.4) is 0 Å². The minimum Gasteiger partial charge on any atom is -0.368 e. The van der Waals surface area contributed by atoms with Crippen LogP contribution >= 0.6 is 11.9 Å². The second-order valence-electron chi connectivity index (χ2n) is 8.53. The van der Waals surface area contributed by atoms with Gasteiger partial charge in [-0.1, -0.05) is 11.9 Å². The van der Waals surface area contributed by atoms with Crippen molar-refractivity contribution in [2.24, 2.45) is 0 Å². The first-order valence-corrected chi connectivity index (χ1v) is 12.5. The van der Waals surface area contributed by atoms with E-state index in [4.69, 9.17) is 5.73 Å². The first-order valence-electron chi connectivity index (χ1n) is 11.5. The van der Waals surface area contributed by atoms with E-state index in [1.54, 1.807) is 29.0 Å². The van der Waals surface area contributed by atoms with Crippen molar-refractivity contribution in [3.63, 3.8) is 0 Å². The molecule has 4 rings (SSSR count). The topological polar surface area (TPSA) is 111 Å². The summed E-state index contributed by atoms with van der Waals surface area (Å²) in [6, 6.07) is 4.82. The largest absolute Gasteiger partial charge is 0.389 e. The van der Waals surface area contributed by atoms with Crippen LogP contribution in [0.25, 0.3) is 22.2 Å². The molecule has 4 N–H and O–H groups in total. The van der Waals surface area contributed by atoms with Crippen LogP contribution in [0.2, 0.25) is 0 Å². The number of anilines is 2. The van der Waals surface area contributed by atoms with E-state index in [1.807, 2.05) is 13.8 Å². The lowest BCUT2D eigenvalue weighted by molar-refractivity contribution is -0.129. The summed E-state index contributed by atoms with van der Waals surface area (Å²) in [4.78, 5) is 25.4. The maximum absolute atomic E-state index is 13.0. The molecule has 1 aliphatic heterocycles. The van der Waals surface area contributed by atoms with Crippen molar-refractivity contribution in [2.45, 2.75) is 51.5 Å². The van der Waals surface area contributed by atoms with E-state index in [-0.39, 0.29) is 23.3 Å². The molecule has 1 aliphatic rings. The monoisotopic (exact) mass is 527 g/mol. The van der Waals surface area contributed by atoms with Crippen molar-refractivity contribution in [2.75, 3.05) is 29.3 Å². The molecule has 8 nitrogen and oxygen atoms in total. The SMILES string of the molecule is CC(C)n1c(=O)c(-c2ccc(NSCCC(F)(F)F)nc2)cc2cnc(N)nc21.FC1CCCNC1. The number of nitrogen functional groups attached to an aromatic ring is 1. The van der Waals surface area contributed by atoms with Gasteiger partial charge in [-0.2, -0.15) is 18.2 Å². The van der Waals surface area contributed by atoms with Crippen molar-refractivity contribution >= 4 is 34.7 Å². The van der Waals surface area contributed by atoms with Gasteiger partial charge in [0.2, 0.25) is 5.95 Å².